The van der Waals surface area contributed by atoms with Crippen LogP contribution in [0.2, 0.25) is 0 Å². The van der Waals surface area contributed by atoms with Crippen LogP contribution in [0.15, 0.2) is 29.4 Å². The van der Waals surface area contributed by atoms with Gasteiger partial charge >= 0.3 is 0 Å². The maximum absolute atomic E-state index is 5.18. The van der Waals surface area contributed by atoms with Gasteiger partial charge in [0.15, 0.2) is 0 Å². The summed E-state index contributed by atoms with van der Waals surface area (Å²) in [6, 6.07) is 8.17. The van der Waals surface area contributed by atoms with Crippen LogP contribution in [-0.2, 0) is 11.4 Å². The maximum atomic E-state index is 5.18. The van der Waals surface area contributed by atoms with Crippen LogP contribution >= 0.6 is 0 Å². The highest BCUT2D eigenvalue weighted by Crippen LogP contribution is 2.08. The molecule has 0 aliphatic rings. The van der Waals surface area contributed by atoms with Gasteiger partial charge in [-0.05, 0) is 24.0 Å². The van der Waals surface area contributed by atoms with Gasteiger partial charge < -0.3 is 4.84 Å². The zero-order valence-electron chi connectivity index (χ0n) is 9.03. The first-order valence-corrected chi connectivity index (χ1v) is 4.90. The first kappa shape index (κ1) is 10.8. The van der Waals surface area contributed by atoms with E-state index in [1.165, 1.54) is 11.1 Å². The standard InChI is InChI=1S/C12H17NO/c1-10(2)8-13-14-9-12-7-5-4-6-11(12)3/h4-8,10H,9H2,1-3H3. The van der Waals surface area contributed by atoms with Crippen LogP contribution in [0.1, 0.15) is 25.0 Å². The van der Waals surface area contributed by atoms with E-state index in [4.69, 9.17) is 4.84 Å². The van der Waals surface area contributed by atoms with Crippen LogP contribution in [0.4, 0.5) is 0 Å². The third-order valence-electron chi connectivity index (χ3n) is 1.91. The molecule has 0 saturated heterocycles. The SMILES string of the molecule is Cc1ccccc1CON=CC(C)C. The highest BCUT2D eigenvalue weighted by molar-refractivity contribution is 5.58. The second-order valence-electron chi connectivity index (χ2n) is 3.70. The molecule has 0 heterocycles. The average Bonchev–Trinajstić information content (AvgIpc) is 2.15. The Balaban J connectivity index is 2.42. The van der Waals surface area contributed by atoms with E-state index in [0.717, 1.165) is 0 Å². The number of nitrogens with zero attached hydrogens (tertiary/aromatic N) is 1. The second kappa shape index (κ2) is 5.43. The summed E-state index contributed by atoms with van der Waals surface area (Å²) in [5.74, 6) is 0.437. The first-order chi connectivity index (χ1) is 6.70. The van der Waals surface area contributed by atoms with E-state index in [2.05, 4.69) is 38.1 Å². The fraction of sp³-hybridized carbons (Fsp3) is 0.417. The van der Waals surface area contributed by atoms with Crippen LogP contribution in [0.3, 0.4) is 0 Å². The summed E-state index contributed by atoms with van der Waals surface area (Å²) in [5.41, 5.74) is 2.43. The number of benzene rings is 1. The highest BCUT2D eigenvalue weighted by Gasteiger charge is 1.95. The van der Waals surface area contributed by atoms with Gasteiger partial charge in [0.25, 0.3) is 0 Å². The van der Waals surface area contributed by atoms with Gasteiger partial charge in [-0.1, -0.05) is 43.3 Å². The third kappa shape index (κ3) is 3.60. The summed E-state index contributed by atoms with van der Waals surface area (Å²) >= 11 is 0. The number of aryl methyl sites for hydroxylation is 1. The molecule has 0 aliphatic heterocycles. The van der Waals surface area contributed by atoms with Gasteiger partial charge in [-0.25, -0.2) is 0 Å². The average molecular weight is 191 g/mol. The van der Waals surface area contributed by atoms with Crippen molar-refractivity contribution in [2.24, 2.45) is 11.1 Å². The second-order valence-corrected chi connectivity index (χ2v) is 3.70. The van der Waals surface area contributed by atoms with E-state index >= 15 is 0 Å². The minimum atomic E-state index is 0.437. The van der Waals surface area contributed by atoms with Crippen molar-refractivity contribution in [1.82, 2.24) is 0 Å². The minimum Gasteiger partial charge on any atom is -0.391 e. The van der Waals surface area contributed by atoms with Crippen molar-refractivity contribution >= 4 is 6.21 Å². The van der Waals surface area contributed by atoms with Gasteiger partial charge in [-0.3, -0.25) is 0 Å². The predicted octanol–water partition coefficient (Wildman–Crippen LogP) is 3.15. The third-order valence-corrected chi connectivity index (χ3v) is 1.91. The predicted molar refractivity (Wildman–Crippen MR) is 59.3 cm³/mol. The van der Waals surface area contributed by atoms with Crippen molar-refractivity contribution in [3.63, 3.8) is 0 Å². The fourth-order valence-electron chi connectivity index (χ4n) is 1.04. The summed E-state index contributed by atoms with van der Waals surface area (Å²) in [4.78, 5) is 5.18. The van der Waals surface area contributed by atoms with Gasteiger partial charge in [0.1, 0.15) is 6.61 Å². The van der Waals surface area contributed by atoms with Gasteiger partial charge in [0.2, 0.25) is 0 Å². The molecule has 1 aromatic carbocycles. The number of oxime groups is 1. The summed E-state index contributed by atoms with van der Waals surface area (Å²) < 4.78 is 0. The molecule has 2 heteroatoms. The van der Waals surface area contributed by atoms with Crippen molar-refractivity contribution in [1.29, 1.82) is 0 Å². The molecule has 2 nitrogen and oxygen atoms in total. The molecule has 14 heavy (non-hydrogen) atoms. The molecular formula is C12H17NO. The molecule has 1 rings (SSSR count). The highest BCUT2D eigenvalue weighted by atomic mass is 16.6. The monoisotopic (exact) mass is 191 g/mol. The molecule has 0 unspecified atom stereocenters. The van der Waals surface area contributed by atoms with Crippen molar-refractivity contribution in [3.05, 3.63) is 35.4 Å². The van der Waals surface area contributed by atoms with Crippen LogP contribution in [0.25, 0.3) is 0 Å². The smallest absolute Gasteiger partial charge is 0.142 e. The molecule has 0 atom stereocenters. The summed E-state index contributed by atoms with van der Waals surface area (Å²) in [6.45, 7) is 6.77. The molecule has 0 bridgehead atoms. The molecule has 0 radical (unpaired) electrons. The number of hydrogen-bond acceptors (Lipinski definition) is 2. The molecule has 0 N–H and O–H groups in total. The minimum absolute atomic E-state index is 0.437. The van der Waals surface area contributed by atoms with Crippen LogP contribution < -0.4 is 0 Å². The zero-order valence-corrected chi connectivity index (χ0v) is 9.03. The van der Waals surface area contributed by atoms with Crippen molar-refractivity contribution in [2.75, 3.05) is 0 Å². The molecule has 1 aromatic rings. The number of hydrogen-bond donors (Lipinski definition) is 0. The summed E-state index contributed by atoms with van der Waals surface area (Å²) in [5, 5.41) is 3.88. The topological polar surface area (TPSA) is 21.6 Å². The van der Waals surface area contributed by atoms with Gasteiger partial charge in [-0.2, -0.15) is 0 Å². The molecule has 0 aromatic heterocycles. The Labute approximate surface area is 85.6 Å². The van der Waals surface area contributed by atoms with E-state index in [1.807, 2.05) is 12.1 Å². The maximum Gasteiger partial charge on any atom is 0.142 e. The lowest BCUT2D eigenvalue weighted by Gasteiger charge is -2.03. The van der Waals surface area contributed by atoms with E-state index in [1.54, 1.807) is 6.21 Å². The Morgan fingerprint density at radius 2 is 2.07 bits per heavy atom. The zero-order chi connectivity index (χ0) is 10.4. The van der Waals surface area contributed by atoms with Crippen molar-refractivity contribution < 1.29 is 4.84 Å². The molecule has 0 spiro atoms. The van der Waals surface area contributed by atoms with E-state index < -0.39 is 0 Å². The van der Waals surface area contributed by atoms with Crippen molar-refractivity contribution in [3.8, 4) is 0 Å². The van der Waals surface area contributed by atoms with E-state index in [9.17, 15) is 0 Å². The van der Waals surface area contributed by atoms with Crippen LogP contribution in [0.5, 0.6) is 0 Å². The Morgan fingerprint density at radius 1 is 1.36 bits per heavy atom. The molecule has 0 amide bonds. The van der Waals surface area contributed by atoms with Gasteiger partial charge in [-0.15, -0.1) is 0 Å². The number of rotatable bonds is 4. The van der Waals surface area contributed by atoms with Crippen LogP contribution in [-0.4, -0.2) is 6.21 Å². The quantitative estimate of drug-likeness (QED) is 0.529. The Hall–Kier alpha value is -1.31. The van der Waals surface area contributed by atoms with E-state index in [0.29, 0.717) is 12.5 Å². The van der Waals surface area contributed by atoms with E-state index in [-0.39, 0.29) is 0 Å². The molecule has 0 saturated carbocycles. The van der Waals surface area contributed by atoms with Gasteiger partial charge in [0.05, 0.1) is 0 Å². The molecule has 0 aliphatic carbocycles. The lowest BCUT2D eigenvalue weighted by Crippen LogP contribution is -1.93. The Kier molecular flexibility index (Phi) is 4.17. The lowest BCUT2D eigenvalue weighted by molar-refractivity contribution is 0.130. The Bertz CT molecular complexity index is 305. The van der Waals surface area contributed by atoms with Gasteiger partial charge in [0, 0.05) is 6.21 Å². The van der Waals surface area contributed by atoms with Crippen LogP contribution in [0, 0.1) is 12.8 Å². The fourth-order valence-corrected chi connectivity index (χ4v) is 1.04. The normalized spacial score (nSPS) is 11.1. The molecular weight excluding hydrogens is 174 g/mol. The molecule has 76 valence electrons. The van der Waals surface area contributed by atoms with Crippen molar-refractivity contribution in [2.45, 2.75) is 27.4 Å². The first-order valence-electron chi connectivity index (χ1n) is 4.90. The Morgan fingerprint density at radius 3 is 2.71 bits per heavy atom. The molecule has 0 fully saturated rings. The lowest BCUT2D eigenvalue weighted by atomic mass is 10.1. The largest absolute Gasteiger partial charge is 0.391 e. The summed E-state index contributed by atoms with van der Waals surface area (Å²) in [6.07, 6.45) is 1.80. The summed E-state index contributed by atoms with van der Waals surface area (Å²) in [7, 11) is 0.